The molecular formula is C16H28O2. The van der Waals surface area contributed by atoms with E-state index in [0.717, 1.165) is 18.8 Å². The second-order valence-electron chi connectivity index (χ2n) is 6.47. The number of carboxylic acid groups (broad SMARTS) is 1. The van der Waals surface area contributed by atoms with Gasteiger partial charge in [-0.05, 0) is 37.0 Å². The molecule has 2 fully saturated rings. The van der Waals surface area contributed by atoms with Crippen LogP contribution in [0.15, 0.2) is 0 Å². The first-order valence-corrected chi connectivity index (χ1v) is 7.95. The van der Waals surface area contributed by atoms with Crippen molar-refractivity contribution in [2.75, 3.05) is 0 Å². The van der Waals surface area contributed by atoms with Gasteiger partial charge in [0, 0.05) is 0 Å². The van der Waals surface area contributed by atoms with Crippen molar-refractivity contribution in [2.45, 2.75) is 71.1 Å². The van der Waals surface area contributed by atoms with Crippen LogP contribution in [-0.2, 0) is 4.79 Å². The quantitative estimate of drug-likeness (QED) is 0.800. The first-order valence-electron chi connectivity index (χ1n) is 7.95. The Morgan fingerprint density at radius 3 is 2.44 bits per heavy atom. The fraction of sp³-hybridized carbons (Fsp3) is 0.938. The van der Waals surface area contributed by atoms with Crippen LogP contribution in [0.5, 0.6) is 0 Å². The van der Waals surface area contributed by atoms with Gasteiger partial charge in [0.05, 0.1) is 5.92 Å². The highest BCUT2D eigenvalue weighted by Gasteiger charge is 2.39. The minimum atomic E-state index is -0.527. The normalized spacial score (nSPS) is 34.4. The predicted molar refractivity (Wildman–Crippen MR) is 73.4 cm³/mol. The molecule has 0 radical (unpaired) electrons. The highest BCUT2D eigenvalue weighted by molar-refractivity contribution is 5.70. The number of carbonyl (C=O) groups is 1. The second-order valence-corrected chi connectivity index (χ2v) is 6.47. The zero-order chi connectivity index (χ0) is 13.0. The molecule has 0 saturated heterocycles. The Morgan fingerprint density at radius 2 is 1.83 bits per heavy atom. The highest BCUT2D eigenvalue weighted by Crippen LogP contribution is 2.44. The van der Waals surface area contributed by atoms with Gasteiger partial charge in [-0.2, -0.15) is 0 Å². The first-order chi connectivity index (χ1) is 8.72. The molecule has 3 unspecified atom stereocenters. The van der Waals surface area contributed by atoms with E-state index in [1.807, 2.05) is 0 Å². The summed E-state index contributed by atoms with van der Waals surface area (Å²) in [6.45, 7) is 2.25. The van der Waals surface area contributed by atoms with E-state index in [0.29, 0.717) is 11.8 Å². The number of aliphatic carboxylic acids is 1. The number of rotatable bonds is 4. The standard InChI is InChI=1S/C16H28O2/c1-2-6-12-9-10-14(16(17)18)15(11-12)13-7-4-3-5-8-13/h12-15H,2-11H2,1H3,(H,17,18). The average Bonchev–Trinajstić information content (AvgIpc) is 2.40. The van der Waals surface area contributed by atoms with Gasteiger partial charge in [0.15, 0.2) is 0 Å². The van der Waals surface area contributed by atoms with Crippen LogP contribution in [0.2, 0.25) is 0 Å². The smallest absolute Gasteiger partial charge is 0.306 e. The Kier molecular flexibility index (Phi) is 5.08. The molecule has 0 spiro atoms. The van der Waals surface area contributed by atoms with Crippen molar-refractivity contribution in [3.8, 4) is 0 Å². The van der Waals surface area contributed by atoms with Crippen LogP contribution in [0, 0.1) is 23.7 Å². The van der Waals surface area contributed by atoms with E-state index < -0.39 is 5.97 Å². The molecule has 2 saturated carbocycles. The molecule has 0 heterocycles. The molecule has 2 heteroatoms. The largest absolute Gasteiger partial charge is 0.481 e. The van der Waals surface area contributed by atoms with Crippen LogP contribution in [0.4, 0.5) is 0 Å². The maximum absolute atomic E-state index is 11.5. The summed E-state index contributed by atoms with van der Waals surface area (Å²) in [6.07, 6.45) is 12.4. The third-order valence-corrected chi connectivity index (χ3v) is 5.28. The molecule has 2 nitrogen and oxygen atoms in total. The SMILES string of the molecule is CCCC1CCC(C(=O)O)C(C2CCCCC2)C1. The van der Waals surface area contributed by atoms with Crippen LogP contribution in [-0.4, -0.2) is 11.1 Å². The van der Waals surface area contributed by atoms with Crippen molar-refractivity contribution in [2.24, 2.45) is 23.7 Å². The maximum Gasteiger partial charge on any atom is 0.306 e. The monoisotopic (exact) mass is 252 g/mol. The van der Waals surface area contributed by atoms with Gasteiger partial charge in [0.2, 0.25) is 0 Å². The molecule has 0 bridgehead atoms. The molecule has 18 heavy (non-hydrogen) atoms. The van der Waals surface area contributed by atoms with Crippen molar-refractivity contribution in [1.82, 2.24) is 0 Å². The fourth-order valence-corrected chi connectivity index (χ4v) is 4.36. The molecule has 2 aliphatic carbocycles. The summed E-state index contributed by atoms with van der Waals surface area (Å²) in [5.74, 6) is 1.42. The summed E-state index contributed by atoms with van der Waals surface area (Å²) in [4.78, 5) is 11.5. The Bertz CT molecular complexity index is 268. The van der Waals surface area contributed by atoms with Gasteiger partial charge in [-0.15, -0.1) is 0 Å². The van der Waals surface area contributed by atoms with Crippen LogP contribution in [0.3, 0.4) is 0 Å². The second kappa shape index (κ2) is 6.58. The zero-order valence-corrected chi connectivity index (χ0v) is 11.7. The van der Waals surface area contributed by atoms with Gasteiger partial charge in [-0.25, -0.2) is 0 Å². The molecule has 104 valence electrons. The predicted octanol–water partition coefficient (Wildman–Crippen LogP) is 4.48. The van der Waals surface area contributed by atoms with Crippen LogP contribution < -0.4 is 0 Å². The van der Waals surface area contributed by atoms with Crippen LogP contribution >= 0.6 is 0 Å². The molecule has 0 aromatic carbocycles. The highest BCUT2D eigenvalue weighted by atomic mass is 16.4. The minimum absolute atomic E-state index is 0.0405. The molecule has 0 aromatic rings. The van der Waals surface area contributed by atoms with Crippen molar-refractivity contribution in [1.29, 1.82) is 0 Å². The van der Waals surface area contributed by atoms with E-state index in [9.17, 15) is 9.90 Å². The lowest BCUT2D eigenvalue weighted by molar-refractivity contribution is -0.147. The van der Waals surface area contributed by atoms with E-state index in [4.69, 9.17) is 0 Å². The lowest BCUT2D eigenvalue weighted by Crippen LogP contribution is -2.36. The van der Waals surface area contributed by atoms with E-state index in [2.05, 4.69) is 6.92 Å². The number of hydrogen-bond donors (Lipinski definition) is 1. The lowest BCUT2D eigenvalue weighted by Gasteiger charge is -2.40. The zero-order valence-electron chi connectivity index (χ0n) is 11.7. The van der Waals surface area contributed by atoms with Crippen molar-refractivity contribution in [3.05, 3.63) is 0 Å². The Hall–Kier alpha value is -0.530. The minimum Gasteiger partial charge on any atom is -0.481 e. The number of carboxylic acids is 1. The Labute approximate surface area is 111 Å². The molecule has 3 atom stereocenters. The van der Waals surface area contributed by atoms with Crippen molar-refractivity contribution in [3.63, 3.8) is 0 Å². The maximum atomic E-state index is 11.5. The lowest BCUT2D eigenvalue weighted by atomic mass is 9.64. The van der Waals surface area contributed by atoms with Gasteiger partial charge in [0.1, 0.15) is 0 Å². The summed E-state index contributed by atoms with van der Waals surface area (Å²) in [5, 5.41) is 9.46. The van der Waals surface area contributed by atoms with Gasteiger partial charge in [0.25, 0.3) is 0 Å². The Morgan fingerprint density at radius 1 is 1.11 bits per heavy atom. The summed E-state index contributed by atoms with van der Waals surface area (Å²) >= 11 is 0. The number of hydrogen-bond acceptors (Lipinski definition) is 1. The summed E-state index contributed by atoms with van der Waals surface area (Å²) in [7, 11) is 0. The van der Waals surface area contributed by atoms with Crippen molar-refractivity contribution >= 4 is 5.97 Å². The molecule has 2 rings (SSSR count). The fourth-order valence-electron chi connectivity index (χ4n) is 4.36. The molecule has 0 aliphatic heterocycles. The molecule has 2 aliphatic rings. The van der Waals surface area contributed by atoms with Gasteiger partial charge in [-0.3, -0.25) is 4.79 Å². The van der Waals surface area contributed by atoms with E-state index in [-0.39, 0.29) is 5.92 Å². The Balaban J connectivity index is 2.01. The van der Waals surface area contributed by atoms with Crippen molar-refractivity contribution < 1.29 is 9.90 Å². The van der Waals surface area contributed by atoms with Crippen LogP contribution in [0.25, 0.3) is 0 Å². The third kappa shape index (κ3) is 3.27. The molecular weight excluding hydrogens is 224 g/mol. The average molecular weight is 252 g/mol. The summed E-state index contributed by atoms with van der Waals surface area (Å²) in [6, 6.07) is 0. The van der Waals surface area contributed by atoms with E-state index in [1.54, 1.807) is 0 Å². The molecule has 1 N–H and O–H groups in total. The molecule has 0 aromatic heterocycles. The third-order valence-electron chi connectivity index (χ3n) is 5.28. The topological polar surface area (TPSA) is 37.3 Å². The first kappa shape index (κ1) is 13.9. The van der Waals surface area contributed by atoms with E-state index in [1.165, 1.54) is 51.4 Å². The van der Waals surface area contributed by atoms with Gasteiger partial charge in [-0.1, -0.05) is 51.9 Å². The summed E-state index contributed by atoms with van der Waals surface area (Å²) < 4.78 is 0. The summed E-state index contributed by atoms with van der Waals surface area (Å²) in [5.41, 5.74) is 0. The van der Waals surface area contributed by atoms with Crippen LogP contribution in [0.1, 0.15) is 71.1 Å². The van der Waals surface area contributed by atoms with Gasteiger partial charge < -0.3 is 5.11 Å². The molecule has 0 amide bonds. The van der Waals surface area contributed by atoms with E-state index >= 15 is 0 Å². The van der Waals surface area contributed by atoms with Gasteiger partial charge >= 0.3 is 5.97 Å².